The minimum Gasteiger partial charge on any atom is -0.480 e. The van der Waals surface area contributed by atoms with Gasteiger partial charge in [-0.2, -0.15) is 0 Å². The molecule has 2 unspecified atom stereocenters. The molecular formula is C18H26N2O4. The quantitative estimate of drug-likeness (QED) is 0.679. The average molecular weight is 334 g/mol. The van der Waals surface area contributed by atoms with Gasteiger partial charge in [-0.25, -0.2) is 4.79 Å². The second-order valence-electron chi connectivity index (χ2n) is 6.46. The minimum absolute atomic E-state index is 0.00941. The zero-order chi connectivity index (χ0) is 18.3. The number of carbonyl (C=O) groups is 3. The monoisotopic (exact) mass is 334 g/mol. The molecule has 132 valence electrons. The van der Waals surface area contributed by atoms with Crippen molar-refractivity contribution < 1.29 is 19.5 Å². The van der Waals surface area contributed by atoms with Crippen molar-refractivity contribution in [2.45, 2.75) is 52.6 Å². The molecule has 6 nitrogen and oxygen atoms in total. The molecule has 0 saturated carbocycles. The van der Waals surface area contributed by atoms with E-state index in [1.54, 1.807) is 0 Å². The molecule has 2 atom stereocenters. The largest absolute Gasteiger partial charge is 0.480 e. The van der Waals surface area contributed by atoms with E-state index in [2.05, 4.69) is 10.6 Å². The second kappa shape index (κ2) is 9.05. The molecular weight excluding hydrogens is 308 g/mol. The van der Waals surface area contributed by atoms with Crippen LogP contribution in [-0.4, -0.2) is 28.9 Å². The van der Waals surface area contributed by atoms with Crippen molar-refractivity contribution in [3.63, 3.8) is 0 Å². The normalized spacial score (nSPS) is 13.2. The van der Waals surface area contributed by atoms with Gasteiger partial charge in [0.1, 0.15) is 6.04 Å². The number of aryl methyl sites for hydroxylation is 1. The zero-order valence-corrected chi connectivity index (χ0v) is 14.6. The Kier molecular flexibility index (Phi) is 7.42. The number of carboxylic acids is 1. The highest BCUT2D eigenvalue weighted by Gasteiger charge is 2.23. The summed E-state index contributed by atoms with van der Waals surface area (Å²) in [4.78, 5) is 34.9. The molecule has 3 N–H and O–H groups in total. The molecule has 24 heavy (non-hydrogen) atoms. The topological polar surface area (TPSA) is 95.5 Å². The van der Waals surface area contributed by atoms with Crippen LogP contribution in [0, 0.1) is 12.8 Å². The van der Waals surface area contributed by atoms with E-state index in [1.165, 1.54) is 6.92 Å². The van der Waals surface area contributed by atoms with Gasteiger partial charge < -0.3 is 15.7 Å². The molecule has 0 aliphatic rings. The first-order valence-corrected chi connectivity index (χ1v) is 8.05. The Morgan fingerprint density at radius 1 is 1.08 bits per heavy atom. The number of rotatable bonds is 8. The SMILES string of the molecule is CC(=O)NC(CC(=O)NC(CC(C)C)C(=O)O)c1ccc(C)cc1. The number of hydrogen-bond donors (Lipinski definition) is 3. The third kappa shape index (κ3) is 6.81. The fourth-order valence-corrected chi connectivity index (χ4v) is 2.43. The Morgan fingerprint density at radius 3 is 2.12 bits per heavy atom. The van der Waals surface area contributed by atoms with Crippen LogP contribution in [0.5, 0.6) is 0 Å². The average Bonchev–Trinajstić information content (AvgIpc) is 2.45. The molecule has 2 amide bonds. The van der Waals surface area contributed by atoms with Crippen molar-refractivity contribution in [2.75, 3.05) is 0 Å². The smallest absolute Gasteiger partial charge is 0.326 e. The lowest BCUT2D eigenvalue weighted by Gasteiger charge is -2.21. The van der Waals surface area contributed by atoms with E-state index in [-0.39, 0.29) is 18.2 Å². The van der Waals surface area contributed by atoms with Crippen molar-refractivity contribution in [3.8, 4) is 0 Å². The van der Waals surface area contributed by atoms with E-state index in [9.17, 15) is 19.5 Å². The lowest BCUT2D eigenvalue weighted by atomic mass is 10.0. The molecule has 0 aliphatic carbocycles. The number of benzene rings is 1. The molecule has 1 rings (SSSR count). The molecule has 0 saturated heterocycles. The molecule has 1 aromatic carbocycles. The van der Waals surface area contributed by atoms with Crippen molar-refractivity contribution in [1.82, 2.24) is 10.6 Å². The number of carboxylic acid groups (broad SMARTS) is 1. The highest BCUT2D eigenvalue weighted by Crippen LogP contribution is 2.18. The second-order valence-corrected chi connectivity index (χ2v) is 6.46. The first-order valence-electron chi connectivity index (χ1n) is 8.05. The third-order valence-corrected chi connectivity index (χ3v) is 3.59. The summed E-state index contributed by atoms with van der Waals surface area (Å²) in [5.41, 5.74) is 1.88. The van der Waals surface area contributed by atoms with Crippen LogP contribution in [0.3, 0.4) is 0 Å². The van der Waals surface area contributed by atoms with Crippen LogP contribution in [0.2, 0.25) is 0 Å². The maximum absolute atomic E-state index is 12.2. The third-order valence-electron chi connectivity index (χ3n) is 3.59. The predicted octanol–water partition coefficient (Wildman–Crippen LogP) is 2.18. The first kappa shape index (κ1) is 19.7. The molecule has 0 bridgehead atoms. The van der Waals surface area contributed by atoms with E-state index < -0.39 is 24.0 Å². The van der Waals surface area contributed by atoms with Gasteiger partial charge in [-0.15, -0.1) is 0 Å². The van der Waals surface area contributed by atoms with Crippen LogP contribution in [0.4, 0.5) is 0 Å². The van der Waals surface area contributed by atoms with Gasteiger partial charge in [0.05, 0.1) is 12.5 Å². The first-order chi connectivity index (χ1) is 11.2. The summed E-state index contributed by atoms with van der Waals surface area (Å²) in [6.45, 7) is 7.13. The fraction of sp³-hybridized carbons (Fsp3) is 0.500. The minimum atomic E-state index is -1.05. The van der Waals surface area contributed by atoms with E-state index in [0.29, 0.717) is 6.42 Å². The molecule has 0 aromatic heterocycles. The van der Waals surface area contributed by atoms with Crippen LogP contribution in [0.1, 0.15) is 50.8 Å². The van der Waals surface area contributed by atoms with Gasteiger partial charge in [-0.1, -0.05) is 43.7 Å². The molecule has 0 spiro atoms. The number of carbonyl (C=O) groups excluding carboxylic acids is 2. The van der Waals surface area contributed by atoms with Gasteiger partial charge in [0.2, 0.25) is 11.8 Å². The van der Waals surface area contributed by atoms with Gasteiger partial charge in [0.25, 0.3) is 0 Å². The molecule has 0 heterocycles. The highest BCUT2D eigenvalue weighted by molar-refractivity contribution is 5.84. The van der Waals surface area contributed by atoms with Crippen LogP contribution >= 0.6 is 0 Å². The molecule has 0 radical (unpaired) electrons. The fourth-order valence-electron chi connectivity index (χ4n) is 2.43. The van der Waals surface area contributed by atoms with Gasteiger partial charge >= 0.3 is 5.97 Å². The van der Waals surface area contributed by atoms with Crippen LogP contribution in [-0.2, 0) is 14.4 Å². The van der Waals surface area contributed by atoms with Crippen molar-refractivity contribution in [3.05, 3.63) is 35.4 Å². The van der Waals surface area contributed by atoms with Crippen molar-refractivity contribution >= 4 is 17.8 Å². The maximum Gasteiger partial charge on any atom is 0.326 e. The number of hydrogen-bond acceptors (Lipinski definition) is 3. The maximum atomic E-state index is 12.2. The summed E-state index contributed by atoms with van der Waals surface area (Å²) in [7, 11) is 0. The molecule has 0 fully saturated rings. The van der Waals surface area contributed by atoms with Crippen molar-refractivity contribution in [2.24, 2.45) is 5.92 Å². The van der Waals surface area contributed by atoms with E-state index in [1.807, 2.05) is 45.0 Å². The Hall–Kier alpha value is -2.37. The van der Waals surface area contributed by atoms with Crippen LogP contribution < -0.4 is 10.6 Å². The summed E-state index contributed by atoms with van der Waals surface area (Å²) >= 11 is 0. The Labute approximate surface area is 142 Å². The molecule has 0 aliphatic heterocycles. The summed E-state index contributed by atoms with van der Waals surface area (Å²) in [6, 6.07) is 6.10. The van der Waals surface area contributed by atoms with Crippen LogP contribution in [0.25, 0.3) is 0 Å². The lowest BCUT2D eigenvalue weighted by Crippen LogP contribution is -2.43. The zero-order valence-electron chi connectivity index (χ0n) is 14.6. The van der Waals surface area contributed by atoms with Gasteiger partial charge in [-0.3, -0.25) is 9.59 Å². The summed E-state index contributed by atoms with van der Waals surface area (Å²) in [5.74, 6) is -1.55. The number of amides is 2. The predicted molar refractivity (Wildman–Crippen MR) is 91.4 cm³/mol. The van der Waals surface area contributed by atoms with Crippen LogP contribution in [0.15, 0.2) is 24.3 Å². The standard InChI is InChI=1S/C18H26N2O4/c1-11(2)9-16(18(23)24)20-17(22)10-15(19-13(4)21)14-7-5-12(3)6-8-14/h5-8,11,15-16H,9-10H2,1-4H3,(H,19,21)(H,20,22)(H,23,24). The lowest BCUT2D eigenvalue weighted by molar-refractivity contribution is -0.142. The Bertz CT molecular complexity index is 581. The number of nitrogens with one attached hydrogen (secondary N) is 2. The Balaban J connectivity index is 2.81. The number of aliphatic carboxylic acids is 1. The van der Waals surface area contributed by atoms with Crippen molar-refractivity contribution in [1.29, 1.82) is 0 Å². The Morgan fingerprint density at radius 2 is 1.67 bits per heavy atom. The van der Waals surface area contributed by atoms with E-state index >= 15 is 0 Å². The summed E-state index contributed by atoms with van der Waals surface area (Å²) in [6.07, 6.45) is 0.348. The van der Waals surface area contributed by atoms with E-state index in [4.69, 9.17) is 0 Å². The summed E-state index contributed by atoms with van der Waals surface area (Å²) < 4.78 is 0. The molecule has 1 aromatic rings. The summed E-state index contributed by atoms with van der Waals surface area (Å²) in [5, 5.41) is 14.5. The highest BCUT2D eigenvalue weighted by atomic mass is 16.4. The van der Waals surface area contributed by atoms with Gasteiger partial charge in [-0.05, 0) is 24.8 Å². The van der Waals surface area contributed by atoms with Gasteiger partial charge in [0.15, 0.2) is 0 Å². The van der Waals surface area contributed by atoms with E-state index in [0.717, 1.165) is 11.1 Å². The van der Waals surface area contributed by atoms with Gasteiger partial charge in [0, 0.05) is 6.92 Å². The molecule has 6 heteroatoms.